The number of benzene rings is 2. The van der Waals surface area contributed by atoms with Gasteiger partial charge in [0.2, 0.25) is 11.8 Å². The van der Waals surface area contributed by atoms with Gasteiger partial charge in [-0.2, -0.15) is 0 Å². The number of rotatable bonds is 5. The molecule has 0 bridgehead atoms. The van der Waals surface area contributed by atoms with Crippen molar-refractivity contribution in [2.45, 2.75) is 51.2 Å². The van der Waals surface area contributed by atoms with Crippen molar-refractivity contribution < 1.29 is 14.4 Å². The molecule has 1 N–H and O–H groups in total. The van der Waals surface area contributed by atoms with E-state index in [9.17, 15) is 14.4 Å². The van der Waals surface area contributed by atoms with Crippen molar-refractivity contribution in [3.8, 4) is 0 Å². The lowest BCUT2D eigenvalue weighted by Crippen LogP contribution is -2.55. The minimum Gasteiger partial charge on any atom is -0.353 e. The third kappa shape index (κ3) is 4.99. The first-order valence-electron chi connectivity index (χ1n) is 14.3. The summed E-state index contributed by atoms with van der Waals surface area (Å²) in [7, 11) is 0. The second-order valence-electron chi connectivity index (χ2n) is 11.6. The number of nitrogens with one attached hydrogen (secondary N) is 1. The van der Waals surface area contributed by atoms with Crippen LogP contribution in [-0.4, -0.2) is 69.8 Å². The number of nitrogens with zero attached hydrogens (tertiary/aromatic N) is 4. The van der Waals surface area contributed by atoms with Crippen molar-refractivity contribution in [3.63, 3.8) is 0 Å². The number of piperazine rings is 1. The van der Waals surface area contributed by atoms with E-state index in [2.05, 4.69) is 31.0 Å². The van der Waals surface area contributed by atoms with E-state index in [1.165, 1.54) is 11.8 Å². The number of fused-ring (bicyclic) bond motifs is 1. The van der Waals surface area contributed by atoms with Gasteiger partial charge in [-0.3, -0.25) is 14.4 Å². The van der Waals surface area contributed by atoms with Crippen LogP contribution < -0.4 is 5.32 Å². The molecule has 11 heteroatoms. The number of hydrogen-bond acceptors (Lipinski definition) is 6. The summed E-state index contributed by atoms with van der Waals surface area (Å²) in [6.07, 6.45) is 1.33. The van der Waals surface area contributed by atoms with Crippen molar-refractivity contribution in [1.82, 2.24) is 20.0 Å². The number of hydrogen-bond donors (Lipinski definition) is 1. The third-order valence-electron chi connectivity index (χ3n) is 8.51. The fourth-order valence-electron chi connectivity index (χ4n) is 6.50. The predicted octanol–water partition coefficient (Wildman–Crippen LogP) is 5.19. The molecule has 0 unspecified atom stereocenters. The van der Waals surface area contributed by atoms with E-state index in [1.807, 2.05) is 48.5 Å². The molecule has 3 amide bonds. The number of aliphatic imine (C=N–C) groups is 1. The molecule has 8 nitrogen and oxygen atoms in total. The summed E-state index contributed by atoms with van der Waals surface area (Å²) >= 11 is 13.9. The van der Waals surface area contributed by atoms with Gasteiger partial charge in [-0.15, -0.1) is 0 Å². The van der Waals surface area contributed by atoms with Crippen LogP contribution >= 0.6 is 35.0 Å². The molecule has 42 heavy (non-hydrogen) atoms. The smallest absolute Gasteiger partial charge is 0.263 e. The normalized spacial score (nSPS) is 25.7. The summed E-state index contributed by atoms with van der Waals surface area (Å²) in [4.78, 5) is 51.1. The largest absolute Gasteiger partial charge is 0.353 e. The van der Waals surface area contributed by atoms with Crippen molar-refractivity contribution in [3.05, 3.63) is 80.3 Å². The quantitative estimate of drug-likeness (QED) is 0.495. The maximum atomic E-state index is 14.3. The molecule has 0 aliphatic carbocycles. The molecule has 0 saturated carbocycles. The van der Waals surface area contributed by atoms with Crippen LogP contribution in [0.15, 0.2) is 64.1 Å². The molecular weight excluding hydrogens is 593 g/mol. The van der Waals surface area contributed by atoms with Gasteiger partial charge in [0.15, 0.2) is 5.17 Å². The Morgan fingerprint density at radius 2 is 1.71 bits per heavy atom. The molecule has 3 atom stereocenters. The standard InChI is InChI=1S/C31H33Cl2N5O3S/c1-18(2)25-26(29(41)37-15-4-5-23(37)28(40)36-16-14-34-24(39)17-36)42-30-35-31(3,20-8-12-22(33)13-9-20)27(38(25)30)19-6-10-21(32)11-7-19/h6-13,18,23,27H,4-5,14-17H2,1-3H3,(H,34,39)/t23-,27+,31-/m0/s1. The first-order chi connectivity index (χ1) is 20.1. The van der Waals surface area contributed by atoms with E-state index < -0.39 is 11.6 Å². The highest BCUT2D eigenvalue weighted by molar-refractivity contribution is 8.18. The Morgan fingerprint density at radius 3 is 2.36 bits per heavy atom. The summed E-state index contributed by atoms with van der Waals surface area (Å²) < 4.78 is 0. The zero-order valence-corrected chi connectivity index (χ0v) is 26.1. The number of thioether (sulfide) groups is 1. The fourth-order valence-corrected chi connectivity index (χ4v) is 8.11. The van der Waals surface area contributed by atoms with Crippen LogP contribution in [0.1, 0.15) is 50.8 Å². The van der Waals surface area contributed by atoms with Crippen LogP contribution in [-0.2, 0) is 19.9 Å². The summed E-state index contributed by atoms with van der Waals surface area (Å²) in [6, 6.07) is 14.8. The molecular formula is C31H33Cl2N5O3S. The van der Waals surface area contributed by atoms with E-state index in [4.69, 9.17) is 28.2 Å². The third-order valence-corrected chi connectivity index (χ3v) is 10.1. The van der Waals surface area contributed by atoms with Crippen LogP contribution in [0.25, 0.3) is 0 Å². The zero-order valence-electron chi connectivity index (χ0n) is 23.8. The summed E-state index contributed by atoms with van der Waals surface area (Å²) in [5.41, 5.74) is 2.29. The minimum atomic E-state index is -0.656. The lowest BCUT2D eigenvalue weighted by molar-refractivity contribution is -0.145. The van der Waals surface area contributed by atoms with Crippen LogP contribution in [0.5, 0.6) is 0 Å². The molecule has 2 saturated heterocycles. The molecule has 2 aromatic rings. The molecule has 6 rings (SSSR count). The summed E-state index contributed by atoms with van der Waals surface area (Å²) in [5, 5.41) is 4.82. The Morgan fingerprint density at radius 1 is 1.05 bits per heavy atom. The second kappa shape index (κ2) is 11.2. The Bertz CT molecular complexity index is 1490. The van der Waals surface area contributed by atoms with Crippen molar-refractivity contribution in [2.75, 3.05) is 26.2 Å². The monoisotopic (exact) mass is 625 g/mol. The Labute approximate surface area is 260 Å². The predicted molar refractivity (Wildman–Crippen MR) is 166 cm³/mol. The van der Waals surface area contributed by atoms with Crippen LogP contribution in [0.3, 0.4) is 0 Å². The average molecular weight is 627 g/mol. The molecule has 2 aromatic carbocycles. The van der Waals surface area contributed by atoms with Gasteiger partial charge in [-0.1, -0.05) is 61.3 Å². The van der Waals surface area contributed by atoms with Gasteiger partial charge in [-0.05, 0) is 72.8 Å². The number of carbonyl (C=O) groups is 3. The first-order valence-corrected chi connectivity index (χ1v) is 15.8. The zero-order chi connectivity index (χ0) is 29.8. The molecule has 0 aromatic heterocycles. The molecule has 4 heterocycles. The van der Waals surface area contributed by atoms with Crippen LogP contribution in [0, 0.1) is 5.92 Å². The average Bonchev–Trinajstić information content (AvgIpc) is 3.66. The summed E-state index contributed by atoms with van der Waals surface area (Å²) in [5.74, 6) is -0.468. The highest BCUT2D eigenvalue weighted by atomic mass is 35.5. The number of amides is 3. The highest BCUT2D eigenvalue weighted by Crippen LogP contribution is 2.56. The van der Waals surface area contributed by atoms with Crippen LogP contribution in [0.2, 0.25) is 10.0 Å². The molecule has 2 fully saturated rings. The van der Waals surface area contributed by atoms with Gasteiger partial charge in [0.25, 0.3) is 5.91 Å². The minimum absolute atomic E-state index is 0.00839. The second-order valence-corrected chi connectivity index (χ2v) is 13.5. The lowest BCUT2D eigenvalue weighted by atomic mass is 9.81. The van der Waals surface area contributed by atoms with Gasteiger partial charge in [-0.25, -0.2) is 4.99 Å². The summed E-state index contributed by atoms with van der Waals surface area (Å²) in [6.45, 7) is 7.70. The van der Waals surface area contributed by atoms with E-state index in [0.717, 1.165) is 28.4 Å². The first kappa shape index (κ1) is 29.1. The number of carbonyl (C=O) groups excluding carboxylic acids is 3. The number of allylic oxidation sites excluding steroid dienone is 1. The van der Waals surface area contributed by atoms with Gasteiger partial charge >= 0.3 is 0 Å². The maximum Gasteiger partial charge on any atom is 0.263 e. The molecule has 4 aliphatic rings. The molecule has 4 aliphatic heterocycles. The van der Waals surface area contributed by atoms with Gasteiger partial charge < -0.3 is 20.0 Å². The van der Waals surface area contributed by atoms with E-state index >= 15 is 0 Å². The highest BCUT2D eigenvalue weighted by Gasteiger charge is 2.54. The number of amidine groups is 1. The van der Waals surface area contributed by atoms with Crippen molar-refractivity contribution in [2.24, 2.45) is 10.9 Å². The number of likely N-dealkylation sites (tertiary alicyclic amines) is 1. The maximum absolute atomic E-state index is 14.3. The van der Waals surface area contributed by atoms with E-state index in [0.29, 0.717) is 41.0 Å². The van der Waals surface area contributed by atoms with Gasteiger partial charge in [0.1, 0.15) is 16.5 Å². The topological polar surface area (TPSA) is 85.3 Å². The Kier molecular flexibility index (Phi) is 7.79. The Hall–Kier alpha value is -3.01. The van der Waals surface area contributed by atoms with E-state index in [1.54, 1.807) is 9.80 Å². The molecule has 0 radical (unpaired) electrons. The van der Waals surface area contributed by atoms with Crippen LogP contribution in [0.4, 0.5) is 0 Å². The molecule has 0 spiro atoms. The van der Waals surface area contributed by atoms with Gasteiger partial charge in [0, 0.05) is 35.4 Å². The van der Waals surface area contributed by atoms with E-state index in [-0.39, 0.29) is 36.2 Å². The SMILES string of the molecule is CC(C)C1=C(C(=O)N2CCC[C@H]2C(=O)N2CCNC(=O)C2)SC2=N[C@@](C)(c3ccc(Cl)cc3)[C@@H](c3ccc(Cl)cc3)N21. The van der Waals surface area contributed by atoms with Crippen molar-refractivity contribution >= 4 is 57.9 Å². The lowest BCUT2D eigenvalue weighted by Gasteiger charge is -2.37. The Balaban J connectivity index is 1.38. The molecule has 220 valence electrons. The van der Waals surface area contributed by atoms with Crippen molar-refractivity contribution in [1.29, 1.82) is 0 Å². The van der Waals surface area contributed by atoms with Gasteiger partial charge in [0.05, 0.1) is 12.6 Å². The number of halogens is 2. The fraction of sp³-hybridized carbons (Fsp3) is 0.419.